The van der Waals surface area contributed by atoms with Gasteiger partial charge in [0, 0.05) is 19.5 Å². The lowest BCUT2D eigenvalue weighted by Gasteiger charge is -2.17. The molecule has 0 radical (unpaired) electrons. The smallest absolute Gasteiger partial charge is 0.226 e. The van der Waals surface area contributed by atoms with Gasteiger partial charge >= 0.3 is 0 Å². The van der Waals surface area contributed by atoms with E-state index in [0.29, 0.717) is 12.3 Å². The third-order valence-electron chi connectivity index (χ3n) is 3.04. The maximum atomic E-state index is 12.0. The minimum Gasteiger partial charge on any atom is -0.497 e. The van der Waals surface area contributed by atoms with Crippen molar-refractivity contribution in [2.75, 3.05) is 26.6 Å². The number of ether oxygens (including phenoxy) is 1. The fourth-order valence-electron chi connectivity index (χ4n) is 1.84. The number of carbonyl (C=O) groups is 1. The Morgan fingerprint density at radius 2 is 2.11 bits per heavy atom. The van der Waals surface area contributed by atoms with Crippen LogP contribution in [0.4, 0.5) is 0 Å². The number of hydrogen-bond acceptors (Lipinski definition) is 2. The molecule has 0 heterocycles. The van der Waals surface area contributed by atoms with Gasteiger partial charge in [-0.3, -0.25) is 4.79 Å². The summed E-state index contributed by atoms with van der Waals surface area (Å²) in [4.78, 5) is 13.8. The number of hydrogen-bond donors (Lipinski definition) is 0. The number of unbranched alkanes of at least 4 members (excludes halogenated alkanes) is 2. The molecule has 19 heavy (non-hydrogen) atoms. The summed E-state index contributed by atoms with van der Waals surface area (Å²) >= 11 is 5.62. The summed E-state index contributed by atoms with van der Waals surface area (Å²) in [6.45, 7) is 0.791. The van der Waals surface area contributed by atoms with E-state index in [0.717, 1.165) is 37.1 Å². The van der Waals surface area contributed by atoms with Crippen LogP contribution in [0.1, 0.15) is 24.8 Å². The lowest BCUT2D eigenvalue weighted by atomic mass is 10.1. The second kappa shape index (κ2) is 8.81. The monoisotopic (exact) mass is 283 g/mol. The normalized spacial score (nSPS) is 10.3. The van der Waals surface area contributed by atoms with Crippen molar-refractivity contribution >= 4 is 17.5 Å². The van der Waals surface area contributed by atoms with Gasteiger partial charge in [0.1, 0.15) is 5.75 Å². The van der Waals surface area contributed by atoms with Crippen molar-refractivity contribution in [1.82, 2.24) is 4.90 Å². The van der Waals surface area contributed by atoms with Crippen LogP contribution in [-0.2, 0) is 11.2 Å². The van der Waals surface area contributed by atoms with Gasteiger partial charge in [0.05, 0.1) is 13.5 Å². The van der Waals surface area contributed by atoms with Gasteiger partial charge < -0.3 is 9.64 Å². The van der Waals surface area contributed by atoms with Crippen molar-refractivity contribution < 1.29 is 9.53 Å². The Morgan fingerprint density at radius 3 is 2.79 bits per heavy atom. The van der Waals surface area contributed by atoms with Crippen LogP contribution >= 0.6 is 11.6 Å². The number of likely N-dealkylation sites (N-methyl/N-ethyl adjacent to an activating group) is 1. The Morgan fingerprint density at radius 1 is 1.32 bits per heavy atom. The van der Waals surface area contributed by atoms with Gasteiger partial charge in [-0.05, 0) is 30.5 Å². The topological polar surface area (TPSA) is 29.5 Å². The van der Waals surface area contributed by atoms with E-state index < -0.39 is 0 Å². The van der Waals surface area contributed by atoms with Gasteiger partial charge in [-0.15, -0.1) is 11.6 Å². The van der Waals surface area contributed by atoms with Crippen molar-refractivity contribution in [3.05, 3.63) is 29.8 Å². The molecule has 1 amide bonds. The highest BCUT2D eigenvalue weighted by Crippen LogP contribution is 2.13. The number of nitrogens with zero attached hydrogens (tertiary/aromatic N) is 1. The van der Waals surface area contributed by atoms with Gasteiger partial charge in [0.2, 0.25) is 5.91 Å². The second-order valence-electron chi connectivity index (χ2n) is 4.59. The summed E-state index contributed by atoms with van der Waals surface area (Å²) in [5, 5.41) is 0. The predicted octanol–water partition coefficient (Wildman–Crippen LogP) is 3.11. The number of carbonyl (C=O) groups excluding carboxylic acids is 1. The maximum Gasteiger partial charge on any atom is 0.226 e. The van der Waals surface area contributed by atoms with Crippen molar-refractivity contribution in [1.29, 1.82) is 0 Å². The summed E-state index contributed by atoms with van der Waals surface area (Å²) in [5.41, 5.74) is 0.983. The number of alkyl halides is 1. The molecule has 0 aromatic heterocycles. The molecule has 0 aliphatic rings. The molecule has 0 fully saturated rings. The summed E-state index contributed by atoms with van der Waals surface area (Å²) in [6, 6.07) is 7.63. The largest absolute Gasteiger partial charge is 0.497 e. The first-order valence-electron chi connectivity index (χ1n) is 6.60. The van der Waals surface area contributed by atoms with Gasteiger partial charge in [-0.1, -0.05) is 18.6 Å². The Kier molecular flexibility index (Phi) is 7.34. The average molecular weight is 284 g/mol. The van der Waals surface area contributed by atoms with Crippen LogP contribution in [-0.4, -0.2) is 37.4 Å². The molecule has 1 aromatic rings. The van der Waals surface area contributed by atoms with E-state index in [1.54, 1.807) is 12.0 Å². The van der Waals surface area contributed by atoms with E-state index in [2.05, 4.69) is 0 Å². The highest BCUT2D eigenvalue weighted by Gasteiger charge is 2.09. The molecule has 0 bridgehead atoms. The molecule has 1 rings (SSSR count). The summed E-state index contributed by atoms with van der Waals surface area (Å²) in [5.74, 6) is 1.62. The Bertz CT molecular complexity index is 395. The third kappa shape index (κ3) is 5.97. The number of halogens is 1. The van der Waals surface area contributed by atoms with Crippen molar-refractivity contribution in [2.24, 2.45) is 0 Å². The van der Waals surface area contributed by atoms with Gasteiger partial charge in [-0.25, -0.2) is 0 Å². The van der Waals surface area contributed by atoms with E-state index in [4.69, 9.17) is 16.3 Å². The first-order valence-corrected chi connectivity index (χ1v) is 7.13. The van der Waals surface area contributed by atoms with Gasteiger partial charge in [-0.2, -0.15) is 0 Å². The van der Waals surface area contributed by atoms with Crippen molar-refractivity contribution in [3.63, 3.8) is 0 Å². The highest BCUT2D eigenvalue weighted by atomic mass is 35.5. The quantitative estimate of drug-likeness (QED) is 0.542. The molecule has 3 nitrogen and oxygen atoms in total. The van der Waals surface area contributed by atoms with Gasteiger partial charge in [0.25, 0.3) is 0 Å². The number of amides is 1. The maximum absolute atomic E-state index is 12.0. The Balaban J connectivity index is 2.40. The number of benzene rings is 1. The molecule has 4 heteroatoms. The zero-order valence-electron chi connectivity index (χ0n) is 11.7. The van der Waals surface area contributed by atoms with Crippen LogP contribution in [0.5, 0.6) is 5.75 Å². The number of rotatable bonds is 8. The first kappa shape index (κ1) is 15.8. The standard InChI is InChI=1S/C15H22ClNO2/c1-17(10-5-3-4-9-16)15(18)12-13-7-6-8-14(11-13)19-2/h6-8,11H,3-5,9-10,12H2,1-2H3. The van der Waals surface area contributed by atoms with Crippen LogP contribution in [0.15, 0.2) is 24.3 Å². The van der Waals surface area contributed by atoms with E-state index >= 15 is 0 Å². The minimum atomic E-state index is 0.138. The lowest BCUT2D eigenvalue weighted by Crippen LogP contribution is -2.29. The zero-order valence-corrected chi connectivity index (χ0v) is 12.4. The molecule has 0 N–H and O–H groups in total. The average Bonchev–Trinajstić information content (AvgIpc) is 2.43. The molecule has 0 aliphatic carbocycles. The van der Waals surface area contributed by atoms with Crippen LogP contribution < -0.4 is 4.74 Å². The van der Waals surface area contributed by atoms with Crippen LogP contribution in [0, 0.1) is 0 Å². The summed E-state index contributed by atoms with van der Waals surface area (Å²) < 4.78 is 5.15. The van der Waals surface area contributed by atoms with Crippen LogP contribution in [0.25, 0.3) is 0 Å². The second-order valence-corrected chi connectivity index (χ2v) is 4.97. The zero-order chi connectivity index (χ0) is 14.1. The Hall–Kier alpha value is -1.22. The summed E-state index contributed by atoms with van der Waals surface area (Å²) in [7, 11) is 3.48. The van der Waals surface area contributed by atoms with Gasteiger partial charge in [0.15, 0.2) is 0 Å². The van der Waals surface area contributed by atoms with Crippen molar-refractivity contribution in [3.8, 4) is 5.75 Å². The minimum absolute atomic E-state index is 0.138. The molecule has 0 spiro atoms. The molecular weight excluding hydrogens is 262 g/mol. The molecule has 0 saturated heterocycles. The molecular formula is C15H22ClNO2. The van der Waals surface area contributed by atoms with E-state index in [1.807, 2.05) is 31.3 Å². The molecule has 0 aliphatic heterocycles. The van der Waals surface area contributed by atoms with Crippen LogP contribution in [0.2, 0.25) is 0 Å². The predicted molar refractivity (Wildman–Crippen MR) is 78.9 cm³/mol. The van der Waals surface area contributed by atoms with E-state index in [9.17, 15) is 4.79 Å². The van der Waals surface area contributed by atoms with E-state index in [-0.39, 0.29) is 5.91 Å². The SMILES string of the molecule is COc1cccc(CC(=O)N(C)CCCCCCl)c1. The number of methoxy groups -OCH3 is 1. The summed E-state index contributed by atoms with van der Waals surface area (Å²) in [6.07, 6.45) is 3.51. The third-order valence-corrected chi connectivity index (χ3v) is 3.31. The fourth-order valence-corrected chi connectivity index (χ4v) is 2.03. The van der Waals surface area contributed by atoms with E-state index in [1.165, 1.54) is 0 Å². The fraction of sp³-hybridized carbons (Fsp3) is 0.533. The first-order chi connectivity index (χ1) is 9.17. The molecule has 0 saturated carbocycles. The van der Waals surface area contributed by atoms with Crippen molar-refractivity contribution in [2.45, 2.75) is 25.7 Å². The molecule has 0 unspecified atom stereocenters. The lowest BCUT2D eigenvalue weighted by molar-refractivity contribution is -0.129. The Labute approximate surface area is 120 Å². The molecule has 106 valence electrons. The molecule has 1 aromatic carbocycles. The highest BCUT2D eigenvalue weighted by molar-refractivity contribution is 6.17. The molecule has 0 atom stereocenters. The van der Waals surface area contributed by atoms with Crippen LogP contribution in [0.3, 0.4) is 0 Å².